The third kappa shape index (κ3) is 9.24. The fourth-order valence-corrected chi connectivity index (χ4v) is 2.61. The van der Waals surface area contributed by atoms with Crippen molar-refractivity contribution < 1.29 is 14.3 Å². The summed E-state index contributed by atoms with van der Waals surface area (Å²) in [4.78, 5) is 29.0. The number of primary amides is 1. The van der Waals surface area contributed by atoms with E-state index in [0.29, 0.717) is 30.4 Å². The highest BCUT2D eigenvalue weighted by molar-refractivity contribution is 14.0. The zero-order valence-corrected chi connectivity index (χ0v) is 20.4. The first-order chi connectivity index (χ1) is 14.4. The van der Waals surface area contributed by atoms with Crippen molar-refractivity contribution in [3.8, 4) is 5.75 Å². The summed E-state index contributed by atoms with van der Waals surface area (Å²) in [6.45, 7) is 3.58. The molecule has 4 N–H and O–H groups in total. The molecule has 0 atom stereocenters. The second kappa shape index (κ2) is 13.5. The number of carbonyl (C=O) groups is 2. The summed E-state index contributed by atoms with van der Waals surface area (Å²) in [5.41, 5.74) is 7.75. The third-order valence-electron chi connectivity index (χ3n) is 4.11. The lowest BCUT2D eigenvalue weighted by atomic mass is 10.1. The Bertz CT molecular complexity index is 885. The number of nitrogens with zero attached hydrogens (tertiary/aromatic N) is 2. The molecule has 0 fully saturated rings. The predicted octanol–water partition coefficient (Wildman–Crippen LogP) is 2.13. The molecule has 0 spiro atoms. The van der Waals surface area contributed by atoms with E-state index in [-0.39, 0.29) is 36.5 Å². The molecule has 2 amide bonds. The van der Waals surface area contributed by atoms with Crippen LogP contribution in [0.15, 0.2) is 53.5 Å². The van der Waals surface area contributed by atoms with E-state index >= 15 is 0 Å². The van der Waals surface area contributed by atoms with E-state index in [9.17, 15) is 9.59 Å². The molecule has 0 unspecified atom stereocenters. The van der Waals surface area contributed by atoms with Crippen molar-refractivity contribution in [3.05, 3.63) is 65.2 Å². The number of benzene rings is 2. The number of carbonyl (C=O) groups excluding carboxylic acids is 2. The Kier molecular flexibility index (Phi) is 11.4. The minimum atomic E-state index is -0.517. The molecular formula is C22H30IN5O3. The lowest BCUT2D eigenvalue weighted by Crippen LogP contribution is -2.36. The summed E-state index contributed by atoms with van der Waals surface area (Å²) in [7, 11) is 3.47. The van der Waals surface area contributed by atoms with E-state index in [2.05, 4.69) is 15.6 Å². The van der Waals surface area contributed by atoms with Crippen LogP contribution in [-0.2, 0) is 17.9 Å². The van der Waals surface area contributed by atoms with Crippen LogP contribution in [-0.4, -0.2) is 49.9 Å². The quantitative estimate of drug-likeness (QED) is 0.257. The van der Waals surface area contributed by atoms with Crippen LogP contribution in [0.4, 0.5) is 0 Å². The van der Waals surface area contributed by atoms with Crippen molar-refractivity contribution in [2.75, 3.05) is 27.2 Å². The Hall–Kier alpha value is -2.82. The normalized spacial score (nSPS) is 10.6. The smallest absolute Gasteiger partial charge is 0.255 e. The lowest BCUT2D eigenvalue weighted by molar-refractivity contribution is -0.119. The van der Waals surface area contributed by atoms with Gasteiger partial charge in [-0.3, -0.25) is 9.59 Å². The Morgan fingerprint density at radius 2 is 1.77 bits per heavy atom. The molecule has 168 valence electrons. The molecule has 0 radical (unpaired) electrons. The molecular weight excluding hydrogens is 509 g/mol. The molecule has 2 rings (SSSR count). The predicted molar refractivity (Wildman–Crippen MR) is 133 cm³/mol. The van der Waals surface area contributed by atoms with Gasteiger partial charge < -0.3 is 26.0 Å². The molecule has 0 aliphatic heterocycles. The van der Waals surface area contributed by atoms with Crippen molar-refractivity contribution in [2.24, 2.45) is 10.7 Å². The van der Waals surface area contributed by atoms with Gasteiger partial charge in [0.25, 0.3) is 11.8 Å². The van der Waals surface area contributed by atoms with Crippen molar-refractivity contribution in [3.63, 3.8) is 0 Å². The molecule has 0 saturated carbocycles. The number of nitrogens with one attached hydrogen (secondary N) is 2. The first-order valence-electron chi connectivity index (χ1n) is 9.72. The van der Waals surface area contributed by atoms with E-state index in [4.69, 9.17) is 10.5 Å². The van der Waals surface area contributed by atoms with Gasteiger partial charge in [-0.2, -0.15) is 0 Å². The zero-order chi connectivity index (χ0) is 21.9. The Balaban J connectivity index is 0.00000480. The van der Waals surface area contributed by atoms with Gasteiger partial charge in [-0.15, -0.1) is 24.0 Å². The monoisotopic (exact) mass is 539 g/mol. The lowest BCUT2D eigenvalue weighted by Gasteiger charge is -2.13. The summed E-state index contributed by atoms with van der Waals surface area (Å²) in [5.74, 6) is 0.712. The van der Waals surface area contributed by atoms with Crippen molar-refractivity contribution in [1.29, 1.82) is 0 Å². The van der Waals surface area contributed by atoms with Crippen LogP contribution in [0.5, 0.6) is 5.75 Å². The summed E-state index contributed by atoms with van der Waals surface area (Å²) < 4.78 is 5.33. The average Bonchev–Trinajstić information content (AvgIpc) is 2.74. The first-order valence-corrected chi connectivity index (χ1v) is 9.72. The van der Waals surface area contributed by atoms with Crippen LogP contribution in [0.2, 0.25) is 0 Å². The minimum absolute atomic E-state index is 0. The molecule has 9 heteroatoms. The van der Waals surface area contributed by atoms with E-state index in [1.165, 1.54) is 0 Å². The van der Waals surface area contributed by atoms with Gasteiger partial charge in [0.15, 0.2) is 12.6 Å². The maximum absolute atomic E-state index is 12.0. The molecule has 0 aliphatic rings. The number of hydrogen-bond acceptors (Lipinski definition) is 4. The molecule has 2 aromatic carbocycles. The summed E-state index contributed by atoms with van der Waals surface area (Å²) in [6.07, 6.45) is 0. The standard InChI is InChI=1S/C22H29N5O3.HI/c1-4-24-22(25-13-16-8-10-18(11-9-16)21(29)27(2)3)26-14-17-6-5-7-19(12-17)30-15-20(23)28;/h5-12H,4,13-15H2,1-3H3,(H2,23,28)(H2,24,25,26);1H. The highest BCUT2D eigenvalue weighted by atomic mass is 127. The first kappa shape index (κ1) is 26.2. The number of nitrogens with two attached hydrogens (primary N) is 1. The van der Waals surface area contributed by atoms with E-state index in [0.717, 1.165) is 17.7 Å². The van der Waals surface area contributed by atoms with Crippen LogP contribution in [0, 0.1) is 0 Å². The van der Waals surface area contributed by atoms with Crippen LogP contribution in [0.1, 0.15) is 28.4 Å². The number of aliphatic imine (C=N–C) groups is 1. The van der Waals surface area contributed by atoms with E-state index < -0.39 is 5.91 Å². The SMILES string of the molecule is CCNC(=NCc1cccc(OCC(N)=O)c1)NCc1ccc(C(=O)N(C)C)cc1.I. The van der Waals surface area contributed by atoms with Crippen molar-refractivity contribution in [2.45, 2.75) is 20.0 Å². The molecule has 31 heavy (non-hydrogen) atoms. The number of amides is 2. The largest absolute Gasteiger partial charge is 0.484 e. The minimum Gasteiger partial charge on any atom is -0.484 e. The zero-order valence-electron chi connectivity index (χ0n) is 18.1. The maximum Gasteiger partial charge on any atom is 0.255 e. The van der Waals surface area contributed by atoms with Crippen LogP contribution < -0.4 is 21.1 Å². The van der Waals surface area contributed by atoms with Crippen LogP contribution in [0.25, 0.3) is 0 Å². The molecule has 2 aromatic rings. The van der Waals surface area contributed by atoms with Gasteiger partial charge in [0.05, 0.1) is 6.54 Å². The van der Waals surface area contributed by atoms with Gasteiger partial charge in [-0.05, 0) is 42.3 Å². The van der Waals surface area contributed by atoms with Gasteiger partial charge in [-0.25, -0.2) is 4.99 Å². The van der Waals surface area contributed by atoms with Gasteiger partial charge in [0, 0.05) is 32.7 Å². The molecule has 0 saturated heterocycles. The number of halogens is 1. The van der Waals surface area contributed by atoms with Gasteiger partial charge >= 0.3 is 0 Å². The van der Waals surface area contributed by atoms with Gasteiger partial charge in [0.1, 0.15) is 5.75 Å². The molecule has 0 bridgehead atoms. The Labute approximate surface area is 200 Å². The maximum atomic E-state index is 12.0. The van der Waals surface area contributed by atoms with Gasteiger partial charge in [-0.1, -0.05) is 24.3 Å². The summed E-state index contributed by atoms with van der Waals surface area (Å²) in [5, 5.41) is 6.49. The highest BCUT2D eigenvalue weighted by Gasteiger charge is 2.07. The third-order valence-corrected chi connectivity index (χ3v) is 4.11. The molecule has 0 aliphatic carbocycles. The summed E-state index contributed by atoms with van der Waals surface area (Å²) >= 11 is 0. The summed E-state index contributed by atoms with van der Waals surface area (Å²) in [6, 6.07) is 14.9. The Morgan fingerprint density at radius 3 is 2.39 bits per heavy atom. The van der Waals surface area contributed by atoms with Crippen LogP contribution >= 0.6 is 24.0 Å². The molecule has 0 heterocycles. The average molecular weight is 539 g/mol. The van der Waals surface area contributed by atoms with E-state index in [1.807, 2.05) is 49.4 Å². The fourth-order valence-electron chi connectivity index (χ4n) is 2.61. The van der Waals surface area contributed by atoms with Crippen molar-refractivity contribution in [1.82, 2.24) is 15.5 Å². The highest BCUT2D eigenvalue weighted by Crippen LogP contribution is 2.14. The Morgan fingerprint density at radius 1 is 1.06 bits per heavy atom. The fraction of sp³-hybridized carbons (Fsp3) is 0.318. The van der Waals surface area contributed by atoms with Gasteiger partial charge in [0.2, 0.25) is 0 Å². The van der Waals surface area contributed by atoms with Crippen LogP contribution in [0.3, 0.4) is 0 Å². The topological polar surface area (TPSA) is 109 Å². The second-order valence-electron chi connectivity index (χ2n) is 6.85. The number of ether oxygens (including phenoxy) is 1. The number of hydrogen-bond donors (Lipinski definition) is 3. The number of rotatable bonds is 9. The number of guanidine groups is 1. The van der Waals surface area contributed by atoms with E-state index in [1.54, 1.807) is 25.1 Å². The molecule has 8 nitrogen and oxygen atoms in total. The second-order valence-corrected chi connectivity index (χ2v) is 6.85. The molecule has 0 aromatic heterocycles. The van der Waals surface area contributed by atoms with Crippen molar-refractivity contribution >= 4 is 41.8 Å².